The Morgan fingerprint density at radius 2 is 1.47 bits per heavy atom. The highest BCUT2D eigenvalue weighted by atomic mass is 16.2. The third kappa shape index (κ3) is 1.33. The van der Waals surface area contributed by atoms with Crippen LogP contribution in [0.5, 0.6) is 0 Å². The lowest BCUT2D eigenvalue weighted by molar-refractivity contribution is -0.123. The molecular formula is C16H15NO2. The minimum Gasteiger partial charge on any atom is -0.274 e. The largest absolute Gasteiger partial charge is 0.274 e. The van der Waals surface area contributed by atoms with Crippen molar-refractivity contribution in [3.63, 3.8) is 0 Å². The van der Waals surface area contributed by atoms with Gasteiger partial charge < -0.3 is 0 Å². The van der Waals surface area contributed by atoms with Crippen LogP contribution < -0.4 is 4.90 Å². The summed E-state index contributed by atoms with van der Waals surface area (Å²) in [5.74, 6) is 0.336. The molecule has 3 nitrogen and oxygen atoms in total. The van der Waals surface area contributed by atoms with Crippen molar-refractivity contribution in [2.45, 2.75) is 13.3 Å². The van der Waals surface area contributed by atoms with Crippen molar-refractivity contribution in [3.8, 4) is 0 Å². The molecule has 0 radical (unpaired) electrons. The highest BCUT2D eigenvalue weighted by Gasteiger charge is 2.59. The molecule has 3 heteroatoms. The van der Waals surface area contributed by atoms with E-state index in [4.69, 9.17) is 0 Å². The standard InChI is InChI=1S/C16H15NO2/c1-9-2-6-12(7-3-9)17-15(18)13-10-4-5-11(8-10)14(13)16(17)19/h2-7,10-11,13-14H,8H2,1H3/t10-,11+,13+,14-. The molecule has 2 amide bonds. The van der Waals surface area contributed by atoms with Gasteiger partial charge in [-0.2, -0.15) is 0 Å². The summed E-state index contributed by atoms with van der Waals surface area (Å²) in [5.41, 5.74) is 1.85. The van der Waals surface area contributed by atoms with E-state index in [9.17, 15) is 9.59 Å². The SMILES string of the molecule is Cc1ccc(N2C(=O)[C@@H]3[C@H](C2=O)[C@H]2C=C[C@@H]3C2)cc1. The molecule has 0 aromatic heterocycles. The Balaban J connectivity index is 1.74. The molecule has 3 aliphatic rings. The van der Waals surface area contributed by atoms with Crippen molar-refractivity contribution < 1.29 is 9.59 Å². The molecule has 0 unspecified atom stereocenters. The smallest absolute Gasteiger partial charge is 0.238 e. The normalized spacial score (nSPS) is 35.3. The number of nitrogens with zero attached hydrogens (tertiary/aromatic N) is 1. The van der Waals surface area contributed by atoms with Gasteiger partial charge in [0, 0.05) is 0 Å². The molecule has 0 N–H and O–H groups in total. The maximum absolute atomic E-state index is 12.5. The average molecular weight is 253 g/mol. The first-order valence-corrected chi connectivity index (χ1v) is 6.79. The molecule has 96 valence electrons. The number of carbonyl (C=O) groups excluding carboxylic acids is 2. The second-order valence-electron chi connectivity index (χ2n) is 5.85. The van der Waals surface area contributed by atoms with Gasteiger partial charge in [0.25, 0.3) is 0 Å². The van der Waals surface area contributed by atoms with Crippen LogP contribution in [0.4, 0.5) is 5.69 Å². The van der Waals surface area contributed by atoms with Gasteiger partial charge in [-0.25, -0.2) is 0 Å². The second kappa shape index (κ2) is 3.56. The van der Waals surface area contributed by atoms with E-state index in [-0.39, 0.29) is 35.5 Å². The van der Waals surface area contributed by atoms with Gasteiger partial charge in [0.2, 0.25) is 11.8 Å². The van der Waals surface area contributed by atoms with Crippen LogP contribution in [-0.4, -0.2) is 11.8 Å². The molecule has 19 heavy (non-hydrogen) atoms. The topological polar surface area (TPSA) is 37.4 Å². The van der Waals surface area contributed by atoms with Gasteiger partial charge in [0.15, 0.2) is 0 Å². The number of anilines is 1. The summed E-state index contributed by atoms with van der Waals surface area (Å²) in [5, 5.41) is 0. The highest BCUT2D eigenvalue weighted by molar-refractivity contribution is 6.22. The van der Waals surface area contributed by atoms with Crippen LogP contribution in [0.3, 0.4) is 0 Å². The lowest BCUT2D eigenvalue weighted by atomic mass is 9.85. The summed E-state index contributed by atoms with van der Waals surface area (Å²) in [6.07, 6.45) is 5.22. The van der Waals surface area contributed by atoms with E-state index in [1.807, 2.05) is 31.2 Å². The quantitative estimate of drug-likeness (QED) is 0.569. The number of hydrogen-bond donors (Lipinski definition) is 0. The molecule has 1 heterocycles. The van der Waals surface area contributed by atoms with Gasteiger partial charge in [-0.15, -0.1) is 0 Å². The van der Waals surface area contributed by atoms with Crippen LogP contribution in [0.1, 0.15) is 12.0 Å². The number of fused-ring (bicyclic) bond motifs is 5. The van der Waals surface area contributed by atoms with Crippen molar-refractivity contribution in [3.05, 3.63) is 42.0 Å². The highest BCUT2D eigenvalue weighted by Crippen LogP contribution is 2.53. The first-order valence-electron chi connectivity index (χ1n) is 6.79. The van der Waals surface area contributed by atoms with Crippen molar-refractivity contribution >= 4 is 17.5 Å². The fraction of sp³-hybridized carbons (Fsp3) is 0.375. The Kier molecular flexibility index (Phi) is 2.06. The lowest BCUT2D eigenvalue weighted by Crippen LogP contribution is -2.32. The average Bonchev–Trinajstić information content (AvgIpc) is 3.06. The maximum atomic E-state index is 12.5. The predicted octanol–water partition coefficient (Wildman–Crippen LogP) is 2.31. The molecule has 1 aliphatic heterocycles. The van der Waals surface area contributed by atoms with E-state index in [1.165, 1.54) is 4.90 Å². The summed E-state index contributed by atoms with van der Waals surface area (Å²) in [4.78, 5) is 26.5. The van der Waals surface area contributed by atoms with E-state index < -0.39 is 0 Å². The zero-order valence-electron chi connectivity index (χ0n) is 10.7. The van der Waals surface area contributed by atoms with E-state index in [1.54, 1.807) is 0 Å². The van der Waals surface area contributed by atoms with Crippen molar-refractivity contribution in [1.29, 1.82) is 0 Å². The summed E-state index contributed by atoms with van der Waals surface area (Å²) in [6, 6.07) is 7.61. The zero-order chi connectivity index (χ0) is 13.1. The Morgan fingerprint density at radius 3 is 2.00 bits per heavy atom. The van der Waals surface area contributed by atoms with E-state index >= 15 is 0 Å². The fourth-order valence-corrected chi connectivity index (χ4v) is 3.85. The molecule has 4 atom stereocenters. The first-order chi connectivity index (χ1) is 9.16. The second-order valence-corrected chi connectivity index (χ2v) is 5.85. The molecule has 2 fully saturated rings. The number of imide groups is 1. The Hall–Kier alpha value is -1.90. The monoisotopic (exact) mass is 253 g/mol. The summed E-state index contributed by atoms with van der Waals surface area (Å²) < 4.78 is 0. The van der Waals surface area contributed by atoms with Crippen LogP contribution >= 0.6 is 0 Å². The minimum absolute atomic E-state index is 0.00398. The molecule has 2 aliphatic carbocycles. The van der Waals surface area contributed by atoms with Gasteiger partial charge in [-0.3, -0.25) is 14.5 Å². The summed E-state index contributed by atoms with van der Waals surface area (Å²) in [7, 11) is 0. The van der Waals surface area contributed by atoms with Crippen LogP contribution in [0.15, 0.2) is 36.4 Å². The van der Waals surface area contributed by atoms with Gasteiger partial charge in [0.1, 0.15) is 0 Å². The number of amides is 2. The van der Waals surface area contributed by atoms with Crippen LogP contribution in [0, 0.1) is 30.6 Å². The number of rotatable bonds is 1. The molecular weight excluding hydrogens is 238 g/mol. The van der Waals surface area contributed by atoms with Crippen LogP contribution in [-0.2, 0) is 9.59 Å². The molecule has 2 bridgehead atoms. The molecule has 1 saturated heterocycles. The number of aryl methyl sites for hydroxylation is 1. The number of allylic oxidation sites excluding steroid dienone is 2. The Morgan fingerprint density at radius 1 is 0.947 bits per heavy atom. The Bertz CT molecular complexity index is 572. The van der Waals surface area contributed by atoms with Gasteiger partial charge in [0.05, 0.1) is 17.5 Å². The summed E-state index contributed by atoms with van der Waals surface area (Å²) in [6.45, 7) is 2.00. The lowest BCUT2D eigenvalue weighted by Gasteiger charge is -2.17. The van der Waals surface area contributed by atoms with Gasteiger partial charge in [-0.05, 0) is 37.3 Å². The van der Waals surface area contributed by atoms with Crippen molar-refractivity contribution in [2.24, 2.45) is 23.7 Å². The molecule has 4 rings (SSSR count). The number of carbonyl (C=O) groups is 2. The molecule has 0 spiro atoms. The van der Waals surface area contributed by atoms with Crippen molar-refractivity contribution in [2.75, 3.05) is 4.90 Å². The molecule has 1 aromatic rings. The minimum atomic E-state index is -0.108. The van der Waals surface area contributed by atoms with E-state index in [0.29, 0.717) is 0 Å². The maximum Gasteiger partial charge on any atom is 0.238 e. The van der Waals surface area contributed by atoms with Gasteiger partial charge in [-0.1, -0.05) is 29.8 Å². The number of benzene rings is 1. The van der Waals surface area contributed by atoms with Gasteiger partial charge >= 0.3 is 0 Å². The third-order valence-corrected chi connectivity index (χ3v) is 4.76. The number of hydrogen-bond acceptors (Lipinski definition) is 2. The third-order valence-electron chi connectivity index (χ3n) is 4.76. The van der Waals surface area contributed by atoms with Crippen LogP contribution in [0.2, 0.25) is 0 Å². The molecule has 1 saturated carbocycles. The first kappa shape index (κ1) is 11.0. The fourth-order valence-electron chi connectivity index (χ4n) is 3.85. The van der Waals surface area contributed by atoms with E-state index in [2.05, 4.69) is 12.2 Å². The van der Waals surface area contributed by atoms with Crippen LogP contribution in [0.25, 0.3) is 0 Å². The Labute approximate surface area is 111 Å². The predicted molar refractivity (Wildman–Crippen MR) is 71.4 cm³/mol. The molecule has 1 aromatic carbocycles. The zero-order valence-corrected chi connectivity index (χ0v) is 10.7. The summed E-state index contributed by atoms with van der Waals surface area (Å²) >= 11 is 0. The van der Waals surface area contributed by atoms with Crippen molar-refractivity contribution in [1.82, 2.24) is 0 Å². The van der Waals surface area contributed by atoms with E-state index in [0.717, 1.165) is 17.7 Å².